The summed E-state index contributed by atoms with van der Waals surface area (Å²) in [6, 6.07) is 11.1. The SMILES string of the molecule is CCCCn1c(SCC(=O)Nc2ccc(OC)cc2)nnc1-c1ccncc1. The summed E-state index contributed by atoms with van der Waals surface area (Å²) in [6.07, 6.45) is 5.56. The fraction of sp³-hybridized carbons (Fsp3) is 0.300. The number of methoxy groups -OCH3 is 1. The second kappa shape index (κ2) is 9.89. The van der Waals surface area contributed by atoms with Gasteiger partial charge in [-0.25, -0.2) is 0 Å². The molecule has 0 aliphatic carbocycles. The number of benzene rings is 1. The maximum Gasteiger partial charge on any atom is 0.234 e. The number of unbranched alkanes of at least 4 members (excludes halogenated alkanes) is 1. The summed E-state index contributed by atoms with van der Waals surface area (Å²) < 4.78 is 7.20. The van der Waals surface area contributed by atoms with Gasteiger partial charge in [-0.05, 0) is 42.8 Å². The van der Waals surface area contributed by atoms with Gasteiger partial charge < -0.3 is 14.6 Å². The van der Waals surface area contributed by atoms with Gasteiger partial charge in [0.25, 0.3) is 0 Å². The number of ether oxygens (including phenoxy) is 1. The van der Waals surface area contributed by atoms with Crippen LogP contribution in [-0.4, -0.2) is 38.5 Å². The summed E-state index contributed by atoms with van der Waals surface area (Å²) in [7, 11) is 1.61. The molecule has 3 aromatic rings. The van der Waals surface area contributed by atoms with Gasteiger partial charge in [0.15, 0.2) is 11.0 Å². The topological polar surface area (TPSA) is 81.9 Å². The van der Waals surface area contributed by atoms with Crippen molar-refractivity contribution in [2.75, 3.05) is 18.2 Å². The largest absolute Gasteiger partial charge is 0.497 e. The molecule has 0 fully saturated rings. The number of rotatable bonds is 9. The van der Waals surface area contributed by atoms with E-state index in [1.54, 1.807) is 19.5 Å². The van der Waals surface area contributed by atoms with E-state index in [1.165, 1.54) is 11.8 Å². The summed E-state index contributed by atoms with van der Waals surface area (Å²) >= 11 is 1.38. The Hall–Kier alpha value is -2.87. The molecular weight excluding hydrogens is 374 g/mol. The first-order valence-electron chi connectivity index (χ1n) is 9.11. The average Bonchev–Trinajstić information content (AvgIpc) is 3.14. The van der Waals surface area contributed by atoms with E-state index in [-0.39, 0.29) is 11.7 Å². The van der Waals surface area contributed by atoms with Crippen molar-refractivity contribution >= 4 is 23.4 Å². The van der Waals surface area contributed by atoms with E-state index in [0.717, 1.165) is 47.4 Å². The first kappa shape index (κ1) is 19.9. The summed E-state index contributed by atoms with van der Waals surface area (Å²) in [4.78, 5) is 16.4. The van der Waals surface area contributed by atoms with E-state index < -0.39 is 0 Å². The van der Waals surface area contributed by atoms with E-state index >= 15 is 0 Å². The van der Waals surface area contributed by atoms with Crippen molar-refractivity contribution in [2.45, 2.75) is 31.5 Å². The maximum absolute atomic E-state index is 12.3. The lowest BCUT2D eigenvalue weighted by Crippen LogP contribution is -2.14. The monoisotopic (exact) mass is 397 g/mol. The van der Waals surface area contributed by atoms with Crippen LogP contribution in [0.25, 0.3) is 11.4 Å². The van der Waals surface area contributed by atoms with Crippen LogP contribution in [0.4, 0.5) is 5.69 Å². The lowest BCUT2D eigenvalue weighted by Gasteiger charge is -2.10. The number of amides is 1. The van der Waals surface area contributed by atoms with Gasteiger partial charge in [-0.2, -0.15) is 0 Å². The predicted octanol–water partition coefficient (Wildman–Crippen LogP) is 3.88. The van der Waals surface area contributed by atoms with Crippen LogP contribution in [0.1, 0.15) is 19.8 Å². The van der Waals surface area contributed by atoms with Gasteiger partial charge in [-0.3, -0.25) is 9.78 Å². The van der Waals surface area contributed by atoms with Crippen LogP contribution < -0.4 is 10.1 Å². The zero-order chi connectivity index (χ0) is 19.8. The number of pyridine rings is 1. The van der Waals surface area contributed by atoms with E-state index in [2.05, 4.69) is 32.0 Å². The molecule has 1 amide bonds. The molecular formula is C20H23N5O2S. The Morgan fingerprint density at radius 3 is 2.57 bits per heavy atom. The van der Waals surface area contributed by atoms with E-state index in [1.807, 2.05) is 36.4 Å². The van der Waals surface area contributed by atoms with Gasteiger partial charge in [0.1, 0.15) is 5.75 Å². The number of thioether (sulfide) groups is 1. The first-order chi connectivity index (χ1) is 13.7. The molecule has 0 saturated carbocycles. The fourth-order valence-electron chi connectivity index (χ4n) is 2.63. The van der Waals surface area contributed by atoms with Crippen LogP contribution in [0.15, 0.2) is 53.9 Å². The molecule has 28 heavy (non-hydrogen) atoms. The van der Waals surface area contributed by atoms with Crippen LogP contribution in [0.3, 0.4) is 0 Å². The molecule has 0 bridgehead atoms. The van der Waals surface area contributed by atoms with Crippen LogP contribution in [0.5, 0.6) is 5.75 Å². The van der Waals surface area contributed by atoms with Crippen molar-refractivity contribution in [3.8, 4) is 17.1 Å². The molecule has 3 rings (SSSR count). The first-order valence-corrected chi connectivity index (χ1v) is 10.1. The number of carbonyl (C=O) groups is 1. The van der Waals surface area contributed by atoms with E-state index in [9.17, 15) is 4.79 Å². The minimum Gasteiger partial charge on any atom is -0.497 e. The molecule has 0 unspecified atom stereocenters. The van der Waals surface area contributed by atoms with Crippen molar-refractivity contribution in [3.63, 3.8) is 0 Å². The van der Waals surface area contributed by atoms with Gasteiger partial charge in [0, 0.05) is 30.2 Å². The smallest absolute Gasteiger partial charge is 0.234 e. The Kier molecular flexibility index (Phi) is 7.02. The molecule has 0 spiro atoms. The lowest BCUT2D eigenvalue weighted by molar-refractivity contribution is -0.113. The zero-order valence-electron chi connectivity index (χ0n) is 16.0. The molecule has 0 atom stereocenters. The number of hydrogen-bond donors (Lipinski definition) is 1. The van der Waals surface area contributed by atoms with Crippen molar-refractivity contribution in [3.05, 3.63) is 48.8 Å². The Labute approximate surface area is 168 Å². The van der Waals surface area contributed by atoms with Gasteiger partial charge in [-0.15, -0.1) is 10.2 Å². The maximum atomic E-state index is 12.3. The second-order valence-electron chi connectivity index (χ2n) is 6.11. The van der Waals surface area contributed by atoms with Crippen LogP contribution >= 0.6 is 11.8 Å². The van der Waals surface area contributed by atoms with Gasteiger partial charge in [0.2, 0.25) is 5.91 Å². The lowest BCUT2D eigenvalue weighted by atomic mass is 10.2. The number of nitrogens with zero attached hydrogens (tertiary/aromatic N) is 4. The van der Waals surface area contributed by atoms with Crippen molar-refractivity contribution in [2.24, 2.45) is 0 Å². The molecule has 1 aromatic carbocycles. The molecule has 8 heteroatoms. The normalized spacial score (nSPS) is 10.6. The van der Waals surface area contributed by atoms with Crippen molar-refractivity contribution in [1.82, 2.24) is 19.7 Å². The third kappa shape index (κ3) is 5.10. The predicted molar refractivity (Wildman–Crippen MR) is 111 cm³/mol. The minimum atomic E-state index is -0.0920. The highest BCUT2D eigenvalue weighted by molar-refractivity contribution is 7.99. The number of aromatic nitrogens is 4. The van der Waals surface area contributed by atoms with Crippen molar-refractivity contribution in [1.29, 1.82) is 0 Å². The molecule has 0 saturated heterocycles. The second-order valence-corrected chi connectivity index (χ2v) is 7.06. The molecule has 2 heterocycles. The average molecular weight is 398 g/mol. The quantitative estimate of drug-likeness (QED) is 0.552. The number of nitrogens with one attached hydrogen (secondary N) is 1. The van der Waals surface area contributed by atoms with E-state index in [0.29, 0.717) is 0 Å². The highest BCUT2D eigenvalue weighted by Crippen LogP contribution is 2.24. The minimum absolute atomic E-state index is 0.0920. The summed E-state index contributed by atoms with van der Waals surface area (Å²) in [5.74, 6) is 1.71. The Bertz CT molecular complexity index is 897. The molecule has 146 valence electrons. The standard InChI is InChI=1S/C20H23N5O2S/c1-3-4-13-25-19(15-9-11-21-12-10-15)23-24-20(25)28-14-18(26)22-16-5-7-17(27-2)8-6-16/h5-12H,3-4,13-14H2,1-2H3,(H,22,26). The van der Waals surface area contributed by atoms with Crippen LogP contribution in [-0.2, 0) is 11.3 Å². The molecule has 7 nitrogen and oxygen atoms in total. The van der Waals surface area contributed by atoms with Crippen LogP contribution in [0.2, 0.25) is 0 Å². The third-order valence-electron chi connectivity index (χ3n) is 4.10. The number of carbonyl (C=O) groups excluding carboxylic acids is 1. The Morgan fingerprint density at radius 2 is 1.89 bits per heavy atom. The summed E-state index contributed by atoms with van der Waals surface area (Å²) in [5, 5.41) is 12.3. The number of anilines is 1. The zero-order valence-corrected chi connectivity index (χ0v) is 16.8. The Morgan fingerprint density at radius 1 is 1.14 bits per heavy atom. The van der Waals surface area contributed by atoms with E-state index in [4.69, 9.17) is 4.74 Å². The Balaban J connectivity index is 1.67. The molecule has 1 N–H and O–H groups in total. The molecule has 0 radical (unpaired) electrons. The van der Waals surface area contributed by atoms with Crippen molar-refractivity contribution < 1.29 is 9.53 Å². The number of hydrogen-bond acceptors (Lipinski definition) is 6. The van der Waals surface area contributed by atoms with Crippen LogP contribution in [0, 0.1) is 0 Å². The van der Waals surface area contributed by atoms with Gasteiger partial charge in [-0.1, -0.05) is 25.1 Å². The molecule has 2 aromatic heterocycles. The molecule has 0 aliphatic rings. The third-order valence-corrected chi connectivity index (χ3v) is 5.06. The summed E-state index contributed by atoms with van der Waals surface area (Å²) in [6.45, 7) is 2.95. The summed E-state index contributed by atoms with van der Waals surface area (Å²) in [5.41, 5.74) is 1.70. The van der Waals surface area contributed by atoms with Gasteiger partial charge >= 0.3 is 0 Å². The highest BCUT2D eigenvalue weighted by atomic mass is 32.2. The van der Waals surface area contributed by atoms with Gasteiger partial charge in [0.05, 0.1) is 12.9 Å². The highest BCUT2D eigenvalue weighted by Gasteiger charge is 2.15. The molecule has 0 aliphatic heterocycles. The fourth-order valence-corrected chi connectivity index (χ4v) is 3.39.